The molecular formula is C12H21NS. The molecule has 0 bridgehead atoms. The molecular weight excluding hydrogens is 190 g/mol. The lowest BCUT2D eigenvalue weighted by Gasteiger charge is -2.14. The first kappa shape index (κ1) is 11.7. The molecule has 0 aliphatic heterocycles. The van der Waals surface area contributed by atoms with Gasteiger partial charge >= 0.3 is 0 Å². The molecule has 2 N–H and O–H groups in total. The Morgan fingerprint density at radius 3 is 2.64 bits per heavy atom. The Morgan fingerprint density at radius 1 is 1.43 bits per heavy atom. The second kappa shape index (κ2) is 5.52. The van der Waals surface area contributed by atoms with E-state index in [2.05, 4.69) is 32.2 Å². The monoisotopic (exact) mass is 211 g/mol. The Balaban J connectivity index is 2.25. The molecule has 0 saturated heterocycles. The van der Waals surface area contributed by atoms with Crippen molar-refractivity contribution in [3.63, 3.8) is 0 Å². The van der Waals surface area contributed by atoms with Gasteiger partial charge in [-0.05, 0) is 49.1 Å². The zero-order chi connectivity index (χ0) is 10.6. The first-order valence-electron chi connectivity index (χ1n) is 5.40. The molecule has 14 heavy (non-hydrogen) atoms. The number of thiophene rings is 1. The van der Waals surface area contributed by atoms with E-state index in [1.54, 1.807) is 0 Å². The highest BCUT2D eigenvalue weighted by atomic mass is 32.1. The van der Waals surface area contributed by atoms with Crippen LogP contribution in [0.25, 0.3) is 0 Å². The van der Waals surface area contributed by atoms with Gasteiger partial charge in [-0.3, -0.25) is 0 Å². The first-order chi connectivity index (χ1) is 6.61. The van der Waals surface area contributed by atoms with E-state index in [0.717, 1.165) is 6.42 Å². The van der Waals surface area contributed by atoms with Crippen molar-refractivity contribution in [2.75, 3.05) is 0 Å². The fourth-order valence-electron chi connectivity index (χ4n) is 1.49. The van der Waals surface area contributed by atoms with Gasteiger partial charge in [-0.2, -0.15) is 0 Å². The summed E-state index contributed by atoms with van der Waals surface area (Å²) in [7, 11) is 0. The third-order valence-electron chi connectivity index (χ3n) is 2.77. The summed E-state index contributed by atoms with van der Waals surface area (Å²) in [5.41, 5.74) is 7.44. The van der Waals surface area contributed by atoms with E-state index in [1.807, 2.05) is 11.3 Å². The van der Waals surface area contributed by atoms with E-state index in [-0.39, 0.29) is 0 Å². The second-order valence-corrected chi connectivity index (χ2v) is 5.33. The highest BCUT2D eigenvalue weighted by molar-refractivity contribution is 7.10. The predicted molar refractivity (Wildman–Crippen MR) is 64.8 cm³/mol. The Hall–Kier alpha value is -0.340. The molecule has 1 aromatic heterocycles. The minimum atomic E-state index is 0.371. The lowest BCUT2D eigenvalue weighted by molar-refractivity contribution is 0.452. The maximum Gasteiger partial charge on any atom is 0.00744 e. The zero-order valence-electron chi connectivity index (χ0n) is 9.42. The number of rotatable bonds is 5. The molecule has 80 valence electrons. The fraction of sp³-hybridized carbons (Fsp3) is 0.667. The Kier molecular flexibility index (Phi) is 4.63. The summed E-state index contributed by atoms with van der Waals surface area (Å²) in [5.74, 6) is 0.611. The average molecular weight is 211 g/mol. The van der Waals surface area contributed by atoms with E-state index >= 15 is 0 Å². The lowest BCUT2D eigenvalue weighted by Crippen LogP contribution is -2.26. The molecule has 0 spiro atoms. The van der Waals surface area contributed by atoms with Crippen LogP contribution in [-0.4, -0.2) is 6.04 Å². The van der Waals surface area contributed by atoms with Crippen LogP contribution < -0.4 is 5.73 Å². The predicted octanol–water partition coefficient (Wildman–Crippen LogP) is 3.36. The van der Waals surface area contributed by atoms with Crippen molar-refractivity contribution in [1.29, 1.82) is 0 Å². The third-order valence-corrected chi connectivity index (χ3v) is 3.85. The molecule has 1 rings (SSSR count). The average Bonchev–Trinajstić information content (AvgIpc) is 2.51. The smallest absolute Gasteiger partial charge is 0.00744 e. The topological polar surface area (TPSA) is 26.0 Å². The second-order valence-electron chi connectivity index (χ2n) is 4.33. The van der Waals surface area contributed by atoms with Crippen molar-refractivity contribution in [1.82, 2.24) is 0 Å². The minimum absolute atomic E-state index is 0.371. The summed E-state index contributed by atoms with van der Waals surface area (Å²) in [6.45, 7) is 6.58. The molecule has 2 heteroatoms. The van der Waals surface area contributed by atoms with Gasteiger partial charge in [0.2, 0.25) is 0 Å². The van der Waals surface area contributed by atoms with Crippen molar-refractivity contribution in [3.05, 3.63) is 21.9 Å². The largest absolute Gasteiger partial charge is 0.327 e. The molecule has 0 radical (unpaired) electrons. The highest BCUT2D eigenvalue weighted by Crippen LogP contribution is 2.18. The molecule has 1 unspecified atom stereocenters. The van der Waals surface area contributed by atoms with Crippen molar-refractivity contribution >= 4 is 11.3 Å². The first-order valence-corrected chi connectivity index (χ1v) is 6.27. The molecule has 1 atom stereocenters. The maximum atomic E-state index is 6.00. The van der Waals surface area contributed by atoms with Crippen LogP contribution in [0, 0.1) is 12.8 Å². The normalized spacial score (nSPS) is 13.5. The van der Waals surface area contributed by atoms with Crippen LogP contribution >= 0.6 is 11.3 Å². The van der Waals surface area contributed by atoms with Crippen LogP contribution in [0.2, 0.25) is 0 Å². The van der Waals surface area contributed by atoms with Gasteiger partial charge in [-0.1, -0.05) is 13.8 Å². The van der Waals surface area contributed by atoms with E-state index in [9.17, 15) is 0 Å². The van der Waals surface area contributed by atoms with Crippen molar-refractivity contribution in [3.8, 4) is 0 Å². The Morgan fingerprint density at radius 2 is 2.14 bits per heavy atom. The van der Waals surface area contributed by atoms with Crippen LogP contribution in [-0.2, 0) is 6.42 Å². The van der Waals surface area contributed by atoms with Crippen molar-refractivity contribution < 1.29 is 0 Å². The Bertz CT molecular complexity index is 265. The van der Waals surface area contributed by atoms with Gasteiger partial charge < -0.3 is 5.73 Å². The summed E-state index contributed by atoms with van der Waals surface area (Å²) < 4.78 is 0. The van der Waals surface area contributed by atoms with Crippen molar-refractivity contribution in [2.45, 2.75) is 46.1 Å². The van der Waals surface area contributed by atoms with Gasteiger partial charge in [-0.15, -0.1) is 11.3 Å². The fourth-order valence-corrected chi connectivity index (χ4v) is 2.44. The minimum Gasteiger partial charge on any atom is -0.327 e. The number of hydrogen-bond acceptors (Lipinski definition) is 2. The van der Waals surface area contributed by atoms with Crippen LogP contribution in [0.5, 0.6) is 0 Å². The van der Waals surface area contributed by atoms with Gasteiger partial charge in [0, 0.05) is 10.9 Å². The SMILES string of the molecule is Cc1ccsc1CCCC(N)C(C)C. The quantitative estimate of drug-likeness (QED) is 0.794. The van der Waals surface area contributed by atoms with Gasteiger partial charge in [0.1, 0.15) is 0 Å². The maximum absolute atomic E-state index is 6.00. The molecule has 0 fully saturated rings. The Labute approximate surface area is 91.3 Å². The molecule has 0 aliphatic carbocycles. The van der Waals surface area contributed by atoms with Crippen LogP contribution in [0.3, 0.4) is 0 Å². The van der Waals surface area contributed by atoms with Crippen molar-refractivity contribution in [2.24, 2.45) is 11.7 Å². The molecule has 1 heterocycles. The van der Waals surface area contributed by atoms with Crippen LogP contribution in [0.1, 0.15) is 37.1 Å². The van der Waals surface area contributed by atoms with E-state index < -0.39 is 0 Å². The molecule has 1 aromatic rings. The molecule has 0 aliphatic rings. The molecule has 0 aromatic carbocycles. The number of nitrogens with two attached hydrogens (primary N) is 1. The summed E-state index contributed by atoms with van der Waals surface area (Å²) >= 11 is 1.87. The third kappa shape index (κ3) is 3.43. The molecule has 0 amide bonds. The number of aryl methyl sites for hydroxylation is 2. The van der Waals surface area contributed by atoms with E-state index in [4.69, 9.17) is 5.73 Å². The lowest BCUT2D eigenvalue weighted by atomic mass is 9.99. The van der Waals surface area contributed by atoms with Gasteiger partial charge in [0.15, 0.2) is 0 Å². The summed E-state index contributed by atoms with van der Waals surface area (Å²) in [6, 6.07) is 2.57. The molecule has 1 nitrogen and oxygen atoms in total. The highest BCUT2D eigenvalue weighted by Gasteiger charge is 2.07. The van der Waals surface area contributed by atoms with Gasteiger partial charge in [0.05, 0.1) is 0 Å². The molecule has 0 saturated carbocycles. The summed E-state index contributed by atoms with van der Waals surface area (Å²) in [6.07, 6.45) is 3.57. The van der Waals surface area contributed by atoms with E-state index in [0.29, 0.717) is 12.0 Å². The number of hydrogen-bond donors (Lipinski definition) is 1. The van der Waals surface area contributed by atoms with Gasteiger partial charge in [0.25, 0.3) is 0 Å². The standard InChI is InChI=1S/C12H21NS/c1-9(2)11(13)5-4-6-12-10(3)7-8-14-12/h7-9,11H,4-6,13H2,1-3H3. The van der Waals surface area contributed by atoms with Gasteiger partial charge in [-0.25, -0.2) is 0 Å². The van der Waals surface area contributed by atoms with Crippen LogP contribution in [0.4, 0.5) is 0 Å². The van der Waals surface area contributed by atoms with Crippen LogP contribution in [0.15, 0.2) is 11.4 Å². The van der Waals surface area contributed by atoms with E-state index in [1.165, 1.54) is 23.3 Å². The zero-order valence-corrected chi connectivity index (χ0v) is 10.2. The summed E-state index contributed by atoms with van der Waals surface area (Å²) in [4.78, 5) is 1.53. The summed E-state index contributed by atoms with van der Waals surface area (Å²) in [5, 5.41) is 2.17.